The molecule has 0 aliphatic carbocycles. The average Bonchev–Trinajstić information content (AvgIpc) is 3.08. The Hall–Kier alpha value is -2.17. The minimum Gasteiger partial charge on any atom is -0.344 e. The Kier molecular flexibility index (Phi) is 3.50. The molecule has 0 bridgehead atoms. The molecule has 3 rings (SSSR count). The average molecular weight is 270 g/mol. The molecule has 20 heavy (non-hydrogen) atoms. The number of hydrogen-bond donors (Lipinski definition) is 1. The van der Waals surface area contributed by atoms with Crippen LogP contribution in [0.25, 0.3) is 0 Å². The number of nitrogens with zero attached hydrogens (tertiary/aromatic N) is 3. The molecule has 0 radical (unpaired) electrons. The lowest BCUT2D eigenvalue weighted by molar-refractivity contribution is -0.131. The van der Waals surface area contributed by atoms with Gasteiger partial charge in [-0.2, -0.15) is 0 Å². The number of aromatic nitrogens is 3. The molecule has 1 atom stereocenters. The van der Waals surface area contributed by atoms with Gasteiger partial charge in [0.25, 0.3) is 0 Å². The first-order valence-corrected chi connectivity index (χ1v) is 6.94. The van der Waals surface area contributed by atoms with Crippen molar-refractivity contribution in [3.8, 4) is 0 Å². The zero-order valence-corrected chi connectivity index (χ0v) is 11.5. The number of nitrogens with one attached hydrogen (secondary N) is 1. The van der Waals surface area contributed by atoms with E-state index >= 15 is 0 Å². The fraction of sp³-hybridized carbons (Fsp3) is 0.400. The minimum atomic E-state index is 0.0906. The van der Waals surface area contributed by atoms with Gasteiger partial charge < -0.3 is 9.88 Å². The molecule has 5 nitrogen and oxygen atoms in total. The third kappa shape index (κ3) is 2.57. The summed E-state index contributed by atoms with van der Waals surface area (Å²) in [5.74, 6) is 1.05. The van der Waals surface area contributed by atoms with Crippen LogP contribution in [0.3, 0.4) is 0 Å². The summed E-state index contributed by atoms with van der Waals surface area (Å²) in [6.07, 6.45) is 7.70. The highest BCUT2D eigenvalue weighted by molar-refractivity contribution is 5.79. The maximum Gasteiger partial charge on any atom is 0.227 e. The number of rotatable bonds is 3. The summed E-state index contributed by atoms with van der Waals surface area (Å²) >= 11 is 0. The van der Waals surface area contributed by atoms with Crippen LogP contribution in [0.5, 0.6) is 0 Å². The molecule has 3 heterocycles. The van der Waals surface area contributed by atoms with Crippen molar-refractivity contribution >= 4 is 5.91 Å². The van der Waals surface area contributed by atoms with Crippen LogP contribution < -0.4 is 0 Å². The van der Waals surface area contributed by atoms with Crippen LogP contribution in [0.15, 0.2) is 30.7 Å². The van der Waals surface area contributed by atoms with Crippen LogP contribution >= 0.6 is 0 Å². The van der Waals surface area contributed by atoms with Crippen LogP contribution in [-0.4, -0.2) is 32.3 Å². The molecule has 1 amide bonds. The number of carbonyl (C=O) groups excluding carboxylic acids is 1. The van der Waals surface area contributed by atoms with Gasteiger partial charge in [0.15, 0.2) is 0 Å². The first-order chi connectivity index (χ1) is 9.74. The molecule has 0 saturated carbocycles. The second-order valence-electron chi connectivity index (χ2n) is 5.23. The number of H-pyrrole nitrogens is 1. The van der Waals surface area contributed by atoms with Crippen LogP contribution in [0.2, 0.25) is 0 Å². The lowest BCUT2D eigenvalue weighted by Crippen LogP contribution is -2.32. The molecular weight excluding hydrogens is 252 g/mol. The van der Waals surface area contributed by atoms with Crippen molar-refractivity contribution in [3.63, 3.8) is 0 Å². The van der Waals surface area contributed by atoms with Crippen LogP contribution in [0.1, 0.15) is 36.0 Å². The van der Waals surface area contributed by atoms with E-state index in [1.54, 1.807) is 12.4 Å². The lowest BCUT2D eigenvalue weighted by Gasteiger charge is -2.23. The van der Waals surface area contributed by atoms with Gasteiger partial charge in [0, 0.05) is 30.8 Å². The third-order valence-electron chi connectivity index (χ3n) is 3.69. The van der Waals surface area contributed by atoms with Gasteiger partial charge >= 0.3 is 0 Å². The number of hydrogen-bond acceptors (Lipinski definition) is 3. The van der Waals surface area contributed by atoms with Gasteiger partial charge in [-0.3, -0.25) is 9.78 Å². The van der Waals surface area contributed by atoms with Crippen molar-refractivity contribution in [2.75, 3.05) is 6.54 Å². The summed E-state index contributed by atoms with van der Waals surface area (Å²) in [6, 6.07) is 3.89. The van der Waals surface area contributed by atoms with Crippen LogP contribution in [0, 0.1) is 6.92 Å². The number of pyridine rings is 1. The van der Waals surface area contributed by atoms with E-state index < -0.39 is 0 Å². The molecule has 2 aromatic heterocycles. The number of carbonyl (C=O) groups is 1. The van der Waals surface area contributed by atoms with Gasteiger partial charge in [-0.15, -0.1) is 0 Å². The zero-order valence-electron chi connectivity index (χ0n) is 11.5. The van der Waals surface area contributed by atoms with E-state index in [4.69, 9.17) is 0 Å². The second-order valence-corrected chi connectivity index (χ2v) is 5.23. The highest BCUT2D eigenvalue weighted by Gasteiger charge is 2.31. The molecule has 1 aliphatic heterocycles. The Labute approximate surface area is 118 Å². The lowest BCUT2D eigenvalue weighted by atomic mass is 10.1. The van der Waals surface area contributed by atoms with Crippen molar-refractivity contribution in [3.05, 3.63) is 47.8 Å². The van der Waals surface area contributed by atoms with Crippen molar-refractivity contribution < 1.29 is 4.79 Å². The molecule has 104 valence electrons. The molecule has 0 aromatic carbocycles. The molecule has 1 unspecified atom stereocenters. The van der Waals surface area contributed by atoms with Gasteiger partial charge in [-0.25, -0.2) is 4.98 Å². The Morgan fingerprint density at radius 2 is 2.40 bits per heavy atom. The van der Waals surface area contributed by atoms with Crippen LogP contribution in [-0.2, 0) is 11.2 Å². The summed E-state index contributed by atoms with van der Waals surface area (Å²) < 4.78 is 0. The van der Waals surface area contributed by atoms with E-state index in [1.165, 1.54) is 0 Å². The molecule has 0 spiro atoms. The highest BCUT2D eigenvalue weighted by Crippen LogP contribution is 2.30. The van der Waals surface area contributed by atoms with E-state index in [9.17, 15) is 4.79 Å². The zero-order chi connectivity index (χ0) is 13.9. The van der Waals surface area contributed by atoms with Gasteiger partial charge in [-0.05, 0) is 31.4 Å². The van der Waals surface area contributed by atoms with Crippen molar-refractivity contribution in [1.29, 1.82) is 0 Å². The topological polar surface area (TPSA) is 61.9 Å². The minimum absolute atomic E-state index is 0.0906. The molecule has 2 aromatic rings. The summed E-state index contributed by atoms with van der Waals surface area (Å²) in [6.45, 7) is 2.79. The Balaban J connectivity index is 1.73. The fourth-order valence-corrected chi connectivity index (χ4v) is 2.73. The van der Waals surface area contributed by atoms with E-state index in [-0.39, 0.29) is 11.9 Å². The maximum atomic E-state index is 12.5. The summed E-state index contributed by atoms with van der Waals surface area (Å²) in [7, 11) is 0. The van der Waals surface area contributed by atoms with Crippen LogP contribution in [0.4, 0.5) is 0 Å². The Morgan fingerprint density at radius 1 is 1.50 bits per heavy atom. The Bertz CT molecular complexity index is 593. The van der Waals surface area contributed by atoms with Gasteiger partial charge in [0.2, 0.25) is 5.91 Å². The summed E-state index contributed by atoms with van der Waals surface area (Å²) in [5.41, 5.74) is 1.99. The van der Waals surface area contributed by atoms with Gasteiger partial charge in [0.05, 0.1) is 12.5 Å². The number of amides is 1. The molecule has 1 saturated heterocycles. The third-order valence-corrected chi connectivity index (χ3v) is 3.69. The van der Waals surface area contributed by atoms with E-state index in [0.717, 1.165) is 36.5 Å². The molecular formula is C15H18N4O. The quantitative estimate of drug-likeness (QED) is 0.928. The smallest absolute Gasteiger partial charge is 0.227 e. The van der Waals surface area contributed by atoms with Gasteiger partial charge in [-0.1, -0.05) is 6.07 Å². The molecule has 1 aliphatic rings. The first-order valence-electron chi connectivity index (χ1n) is 6.94. The largest absolute Gasteiger partial charge is 0.344 e. The van der Waals surface area contributed by atoms with E-state index in [0.29, 0.717) is 6.42 Å². The molecule has 1 fully saturated rings. The van der Waals surface area contributed by atoms with Crippen molar-refractivity contribution in [2.45, 2.75) is 32.2 Å². The Morgan fingerprint density at radius 3 is 3.10 bits per heavy atom. The number of aromatic amines is 1. The SMILES string of the molecule is Cc1cnc(C2CCCN2C(=O)Cc2cccnc2)[nH]1. The highest BCUT2D eigenvalue weighted by atomic mass is 16.2. The summed E-state index contributed by atoms with van der Waals surface area (Å²) in [5, 5.41) is 0. The van der Waals surface area contributed by atoms with E-state index in [1.807, 2.05) is 30.2 Å². The predicted molar refractivity (Wildman–Crippen MR) is 75.0 cm³/mol. The predicted octanol–water partition coefficient (Wildman–Crippen LogP) is 2.02. The van der Waals surface area contributed by atoms with Crippen molar-refractivity contribution in [2.24, 2.45) is 0 Å². The van der Waals surface area contributed by atoms with Gasteiger partial charge in [0.1, 0.15) is 5.82 Å². The normalized spacial score (nSPS) is 18.4. The standard InChI is InChI=1S/C15H18N4O/c1-11-9-17-15(18-11)13-5-3-7-19(13)14(20)8-12-4-2-6-16-10-12/h2,4,6,9-10,13H,3,5,7-8H2,1H3,(H,17,18). The van der Waals surface area contributed by atoms with Crippen molar-refractivity contribution in [1.82, 2.24) is 19.9 Å². The molecule has 1 N–H and O–H groups in total. The molecule has 5 heteroatoms. The number of imidazole rings is 1. The fourth-order valence-electron chi connectivity index (χ4n) is 2.73. The number of likely N-dealkylation sites (tertiary alicyclic amines) is 1. The maximum absolute atomic E-state index is 12.5. The number of aryl methyl sites for hydroxylation is 1. The van der Waals surface area contributed by atoms with E-state index in [2.05, 4.69) is 15.0 Å². The summed E-state index contributed by atoms with van der Waals surface area (Å²) in [4.78, 5) is 26.1. The first kappa shape index (κ1) is 12.8. The monoisotopic (exact) mass is 270 g/mol. The second kappa shape index (κ2) is 5.45.